The van der Waals surface area contributed by atoms with Crippen molar-refractivity contribution in [3.05, 3.63) is 29.3 Å². The summed E-state index contributed by atoms with van der Waals surface area (Å²) in [6.07, 6.45) is 4.06. The Morgan fingerprint density at radius 2 is 2.19 bits per heavy atom. The smallest absolute Gasteiger partial charge is 0.303 e. The van der Waals surface area contributed by atoms with Crippen molar-refractivity contribution in [3.8, 4) is 5.75 Å². The Morgan fingerprint density at radius 3 is 2.95 bits per heavy atom. The van der Waals surface area contributed by atoms with Crippen LogP contribution in [0, 0.1) is 5.92 Å². The van der Waals surface area contributed by atoms with E-state index in [2.05, 4.69) is 0 Å². The molecule has 1 aliphatic carbocycles. The number of hydrogen-bond acceptors (Lipinski definition) is 3. The molecule has 0 aromatic heterocycles. The highest BCUT2D eigenvalue weighted by Crippen LogP contribution is 2.30. The van der Waals surface area contributed by atoms with Gasteiger partial charge >= 0.3 is 5.97 Å². The average Bonchev–Trinajstić information content (AvgIpc) is 2.85. The predicted octanol–water partition coefficient (Wildman–Crippen LogP) is 3.77. The van der Waals surface area contributed by atoms with Crippen LogP contribution in [0.2, 0.25) is 5.02 Å². The summed E-state index contributed by atoms with van der Waals surface area (Å²) in [7, 11) is 0. The molecule has 1 fully saturated rings. The molecule has 0 saturated heterocycles. The van der Waals surface area contributed by atoms with Crippen LogP contribution < -0.4 is 4.74 Å². The van der Waals surface area contributed by atoms with Gasteiger partial charge in [0.2, 0.25) is 0 Å². The number of carboxylic acids is 1. The maximum absolute atomic E-state index is 10.8. The Labute approximate surface area is 130 Å². The van der Waals surface area contributed by atoms with Gasteiger partial charge in [-0.25, -0.2) is 0 Å². The van der Waals surface area contributed by atoms with Crippen LogP contribution in [0.1, 0.15) is 32.1 Å². The molecule has 5 heteroatoms. The van der Waals surface area contributed by atoms with Crippen LogP contribution in [0.25, 0.3) is 0 Å². The predicted molar refractivity (Wildman–Crippen MR) is 80.9 cm³/mol. The van der Waals surface area contributed by atoms with Gasteiger partial charge in [0.25, 0.3) is 0 Å². The summed E-state index contributed by atoms with van der Waals surface area (Å²) < 4.78 is 11.4. The highest BCUT2D eigenvalue weighted by Gasteiger charge is 2.29. The van der Waals surface area contributed by atoms with Crippen molar-refractivity contribution < 1.29 is 19.4 Å². The largest absolute Gasteiger partial charge is 0.493 e. The van der Waals surface area contributed by atoms with Crippen molar-refractivity contribution in [2.24, 2.45) is 5.92 Å². The zero-order chi connectivity index (χ0) is 15.1. The molecule has 4 nitrogen and oxygen atoms in total. The van der Waals surface area contributed by atoms with Crippen molar-refractivity contribution in [3.63, 3.8) is 0 Å². The van der Waals surface area contributed by atoms with Crippen LogP contribution in [0.4, 0.5) is 0 Å². The quantitative estimate of drug-likeness (QED) is 0.742. The van der Waals surface area contributed by atoms with Crippen molar-refractivity contribution in [2.45, 2.75) is 38.2 Å². The molecule has 0 aliphatic heterocycles. The van der Waals surface area contributed by atoms with Gasteiger partial charge in [-0.15, -0.1) is 0 Å². The molecule has 2 atom stereocenters. The first-order valence-electron chi connectivity index (χ1n) is 7.37. The number of carbonyl (C=O) groups is 1. The number of ether oxygens (including phenoxy) is 2. The lowest BCUT2D eigenvalue weighted by atomic mass is 10.0. The maximum atomic E-state index is 10.8. The molecule has 21 heavy (non-hydrogen) atoms. The molecule has 1 aromatic rings. The van der Waals surface area contributed by atoms with Crippen LogP contribution in [0.3, 0.4) is 0 Å². The van der Waals surface area contributed by atoms with Crippen molar-refractivity contribution in [1.29, 1.82) is 0 Å². The third-order valence-corrected chi connectivity index (χ3v) is 3.95. The summed E-state index contributed by atoms with van der Waals surface area (Å²) >= 11 is 5.88. The fourth-order valence-corrected chi connectivity index (χ4v) is 2.90. The molecule has 1 aliphatic rings. The number of halogens is 1. The molecular formula is C16H21ClO4. The van der Waals surface area contributed by atoms with E-state index in [1.54, 1.807) is 12.1 Å². The lowest BCUT2D eigenvalue weighted by molar-refractivity contribution is -0.139. The zero-order valence-electron chi connectivity index (χ0n) is 12.0. The zero-order valence-corrected chi connectivity index (χ0v) is 12.7. The van der Waals surface area contributed by atoms with E-state index < -0.39 is 5.97 Å². The normalized spacial score (nSPS) is 21.4. The van der Waals surface area contributed by atoms with E-state index in [9.17, 15) is 4.79 Å². The molecule has 1 aromatic carbocycles. The van der Waals surface area contributed by atoms with E-state index >= 15 is 0 Å². The summed E-state index contributed by atoms with van der Waals surface area (Å²) in [4.78, 5) is 10.8. The van der Waals surface area contributed by atoms with E-state index in [-0.39, 0.29) is 18.4 Å². The summed E-state index contributed by atoms with van der Waals surface area (Å²) in [5.74, 6) is 0.184. The third-order valence-electron chi connectivity index (χ3n) is 3.71. The number of aliphatic carboxylic acids is 1. The van der Waals surface area contributed by atoms with E-state index in [4.69, 9.17) is 26.2 Å². The minimum absolute atomic E-state index is 0.0901. The highest BCUT2D eigenvalue weighted by atomic mass is 35.5. The molecule has 2 rings (SSSR count). The third kappa shape index (κ3) is 5.56. The molecule has 0 bridgehead atoms. The van der Waals surface area contributed by atoms with Gasteiger partial charge in [0, 0.05) is 11.4 Å². The van der Waals surface area contributed by atoms with Crippen LogP contribution in [-0.2, 0) is 9.53 Å². The summed E-state index contributed by atoms with van der Waals surface area (Å²) in [6, 6.07) is 7.30. The molecule has 0 spiro atoms. The minimum atomic E-state index is -0.736. The first-order valence-corrected chi connectivity index (χ1v) is 7.74. The Balaban J connectivity index is 1.62. The average molecular weight is 313 g/mol. The van der Waals surface area contributed by atoms with Gasteiger partial charge in [-0.3, -0.25) is 4.79 Å². The van der Waals surface area contributed by atoms with E-state index in [1.165, 1.54) is 0 Å². The summed E-state index contributed by atoms with van der Waals surface area (Å²) in [5, 5.41) is 9.52. The summed E-state index contributed by atoms with van der Waals surface area (Å²) in [5.41, 5.74) is 0. The number of hydrogen-bond donors (Lipinski definition) is 1. The molecule has 1 saturated carbocycles. The van der Waals surface area contributed by atoms with Gasteiger partial charge in [-0.05, 0) is 37.0 Å². The van der Waals surface area contributed by atoms with Gasteiger partial charge in [0.05, 0.1) is 25.7 Å². The monoisotopic (exact) mass is 312 g/mol. The molecule has 0 radical (unpaired) electrons. The molecule has 0 heterocycles. The van der Waals surface area contributed by atoms with Crippen molar-refractivity contribution >= 4 is 17.6 Å². The van der Waals surface area contributed by atoms with Gasteiger partial charge in [-0.2, -0.15) is 0 Å². The van der Waals surface area contributed by atoms with Gasteiger partial charge in [-0.1, -0.05) is 24.1 Å². The fraction of sp³-hybridized carbons (Fsp3) is 0.562. The molecule has 116 valence electrons. The Kier molecular flexibility index (Phi) is 6.33. The van der Waals surface area contributed by atoms with Crippen LogP contribution in [0.5, 0.6) is 5.75 Å². The highest BCUT2D eigenvalue weighted by molar-refractivity contribution is 6.30. The van der Waals surface area contributed by atoms with E-state index in [0.717, 1.165) is 31.4 Å². The second-order valence-electron chi connectivity index (χ2n) is 5.36. The van der Waals surface area contributed by atoms with Crippen LogP contribution in [-0.4, -0.2) is 30.4 Å². The Hall–Kier alpha value is -1.26. The second kappa shape index (κ2) is 8.25. The topological polar surface area (TPSA) is 55.8 Å². The first-order chi connectivity index (χ1) is 10.1. The van der Waals surface area contributed by atoms with Crippen molar-refractivity contribution in [1.82, 2.24) is 0 Å². The molecule has 1 N–H and O–H groups in total. The Morgan fingerprint density at radius 1 is 1.33 bits per heavy atom. The van der Waals surface area contributed by atoms with Gasteiger partial charge in [0.15, 0.2) is 0 Å². The molecule has 0 unspecified atom stereocenters. The molecule has 0 amide bonds. The number of rotatable bonds is 8. The van der Waals surface area contributed by atoms with Crippen LogP contribution in [0.15, 0.2) is 24.3 Å². The van der Waals surface area contributed by atoms with E-state index in [0.29, 0.717) is 18.2 Å². The lowest BCUT2D eigenvalue weighted by Gasteiger charge is -2.18. The second-order valence-corrected chi connectivity index (χ2v) is 5.79. The number of benzene rings is 1. The lowest BCUT2D eigenvalue weighted by Crippen LogP contribution is -2.22. The minimum Gasteiger partial charge on any atom is -0.493 e. The fourth-order valence-electron chi connectivity index (χ4n) is 2.72. The van der Waals surface area contributed by atoms with Crippen molar-refractivity contribution in [2.75, 3.05) is 13.2 Å². The van der Waals surface area contributed by atoms with Gasteiger partial charge in [0.1, 0.15) is 5.75 Å². The maximum Gasteiger partial charge on any atom is 0.303 e. The first kappa shape index (κ1) is 16.1. The Bertz CT molecular complexity index is 463. The number of carboxylic acid groups (broad SMARTS) is 1. The summed E-state index contributed by atoms with van der Waals surface area (Å²) in [6.45, 7) is 1.16. The SMILES string of the molecule is O=C(O)C[C@H]1CCC[C@@H]1OCCCOc1cccc(Cl)c1. The standard InChI is InChI=1S/C16H21ClO4/c17-13-5-2-6-14(11-13)20-8-3-9-21-15-7-1-4-12(15)10-16(18)19/h2,5-6,11-12,15H,1,3-4,7-10H2,(H,18,19)/t12-,15+/m1/s1. The van der Waals surface area contributed by atoms with E-state index in [1.807, 2.05) is 12.1 Å². The van der Waals surface area contributed by atoms with Gasteiger partial charge < -0.3 is 14.6 Å². The molecular weight excluding hydrogens is 292 g/mol. The van der Waals surface area contributed by atoms with Crippen LogP contribution >= 0.6 is 11.6 Å².